The number of aryl methyl sites for hydroxylation is 1. The standard InChI is InChI=1S/C17H20FN3O2S.2C2HF3O2/c1-12-15(24-11-20-12)8-21-6-4-17(10-21)7-13(9-22-17)23-16-14(18)3-2-5-19-16;2*3-2(4,5)1(6)7/h2-3,5,11,13H,4,6-10H2,1H3;2*(H,6,7)/t13-,17+;;/m1../s1. The molecule has 4 rings (SSSR count). The van der Waals surface area contributed by atoms with E-state index in [-0.39, 0.29) is 17.6 Å². The molecule has 0 saturated carbocycles. The summed E-state index contributed by atoms with van der Waals surface area (Å²) in [7, 11) is 0. The molecular formula is C21H22F7N3O6S. The van der Waals surface area contributed by atoms with Crippen molar-refractivity contribution in [2.45, 2.75) is 50.4 Å². The van der Waals surface area contributed by atoms with E-state index in [1.165, 1.54) is 10.9 Å². The van der Waals surface area contributed by atoms with Gasteiger partial charge >= 0.3 is 24.3 Å². The Morgan fingerprint density at radius 1 is 1.18 bits per heavy atom. The van der Waals surface area contributed by atoms with Crippen LogP contribution < -0.4 is 4.74 Å². The summed E-state index contributed by atoms with van der Waals surface area (Å²) in [6, 6.07) is 2.92. The van der Waals surface area contributed by atoms with E-state index in [2.05, 4.69) is 21.8 Å². The quantitative estimate of drug-likeness (QED) is 0.518. The Morgan fingerprint density at radius 3 is 2.29 bits per heavy atom. The normalized spacial score (nSPS) is 21.3. The molecule has 38 heavy (non-hydrogen) atoms. The van der Waals surface area contributed by atoms with Gasteiger partial charge in [0.15, 0.2) is 5.82 Å². The summed E-state index contributed by atoms with van der Waals surface area (Å²) in [5, 5.41) is 14.2. The van der Waals surface area contributed by atoms with Crippen LogP contribution in [-0.4, -0.2) is 80.8 Å². The molecule has 0 bridgehead atoms. The highest BCUT2D eigenvalue weighted by atomic mass is 32.1. The van der Waals surface area contributed by atoms with E-state index in [0.717, 1.165) is 38.2 Å². The second-order valence-corrected chi connectivity index (χ2v) is 9.10. The largest absolute Gasteiger partial charge is 0.490 e. The molecule has 17 heteroatoms. The topological polar surface area (TPSA) is 122 Å². The number of alkyl halides is 6. The summed E-state index contributed by atoms with van der Waals surface area (Å²) in [4.78, 5) is 29.8. The van der Waals surface area contributed by atoms with Crippen molar-refractivity contribution in [2.24, 2.45) is 0 Å². The molecule has 4 heterocycles. The average molecular weight is 577 g/mol. The monoisotopic (exact) mass is 577 g/mol. The molecule has 2 saturated heterocycles. The van der Waals surface area contributed by atoms with E-state index < -0.39 is 30.1 Å². The van der Waals surface area contributed by atoms with E-state index >= 15 is 0 Å². The van der Waals surface area contributed by atoms with E-state index in [0.29, 0.717) is 6.61 Å². The van der Waals surface area contributed by atoms with Crippen molar-refractivity contribution >= 4 is 23.3 Å². The minimum absolute atomic E-state index is 0.0679. The molecule has 0 amide bonds. The maximum Gasteiger partial charge on any atom is 0.490 e. The van der Waals surface area contributed by atoms with Crippen LogP contribution in [0, 0.1) is 12.7 Å². The van der Waals surface area contributed by atoms with Crippen LogP contribution in [0.1, 0.15) is 23.4 Å². The minimum Gasteiger partial charge on any atom is -0.475 e. The van der Waals surface area contributed by atoms with Crippen molar-refractivity contribution in [3.05, 3.63) is 40.2 Å². The number of nitrogens with zero attached hydrogens (tertiary/aromatic N) is 3. The fourth-order valence-electron chi connectivity index (χ4n) is 3.52. The highest BCUT2D eigenvalue weighted by Gasteiger charge is 2.46. The highest BCUT2D eigenvalue weighted by Crippen LogP contribution is 2.37. The lowest BCUT2D eigenvalue weighted by Gasteiger charge is -2.23. The molecule has 0 aromatic carbocycles. The molecule has 212 valence electrons. The average Bonchev–Trinajstić information content (AvgIpc) is 3.51. The highest BCUT2D eigenvalue weighted by molar-refractivity contribution is 7.09. The molecule has 1 spiro atoms. The fraction of sp³-hybridized carbons (Fsp3) is 0.524. The predicted molar refractivity (Wildman–Crippen MR) is 116 cm³/mol. The molecule has 2 aliphatic heterocycles. The summed E-state index contributed by atoms with van der Waals surface area (Å²) >= 11 is 1.70. The molecule has 0 radical (unpaired) electrons. The van der Waals surface area contributed by atoms with E-state index in [4.69, 9.17) is 29.3 Å². The maximum absolute atomic E-state index is 13.7. The minimum atomic E-state index is -5.08. The van der Waals surface area contributed by atoms with Gasteiger partial charge in [0.05, 0.1) is 23.4 Å². The maximum atomic E-state index is 13.7. The predicted octanol–water partition coefficient (Wildman–Crippen LogP) is 4.06. The Labute approximate surface area is 214 Å². The number of halogens is 7. The zero-order valence-electron chi connectivity index (χ0n) is 19.6. The van der Waals surface area contributed by atoms with Gasteiger partial charge in [0.1, 0.15) is 6.10 Å². The fourth-order valence-corrected chi connectivity index (χ4v) is 4.34. The van der Waals surface area contributed by atoms with Crippen molar-refractivity contribution in [3.63, 3.8) is 0 Å². The van der Waals surface area contributed by atoms with Crippen LogP contribution in [0.5, 0.6) is 5.88 Å². The Kier molecular flexibility index (Phi) is 10.4. The molecule has 2 aliphatic rings. The summed E-state index contributed by atoms with van der Waals surface area (Å²) in [5.41, 5.74) is 2.84. The van der Waals surface area contributed by atoms with E-state index in [9.17, 15) is 30.7 Å². The van der Waals surface area contributed by atoms with Gasteiger partial charge in [-0.1, -0.05) is 0 Å². The third-order valence-electron chi connectivity index (χ3n) is 5.27. The number of likely N-dealkylation sites (tertiary alicyclic amines) is 1. The summed E-state index contributed by atoms with van der Waals surface area (Å²) < 4.78 is 88.9. The van der Waals surface area contributed by atoms with Crippen molar-refractivity contribution in [1.29, 1.82) is 0 Å². The zero-order chi connectivity index (χ0) is 28.7. The third-order valence-corrected chi connectivity index (χ3v) is 6.19. The van der Waals surface area contributed by atoms with Gasteiger partial charge in [-0.25, -0.2) is 23.9 Å². The summed E-state index contributed by atoms with van der Waals surface area (Å²) in [5.74, 6) is -5.87. The van der Waals surface area contributed by atoms with Gasteiger partial charge in [0.25, 0.3) is 5.88 Å². The first-order valence-corrected chi connectivity index (χ1v) is 11.5. The zero-order valence-corrected chi connectivity index (χ0v) is 20.4. The number of carbonyl (C=O) groups is 2. The molecule has 0 aliphatic carbocycles. The van der Waals surface area contributed by atoms with Crippen molar-refractivity contribution in [2.75, 3.05) is 19.7 Å². The van der Waals surface area contributed by atoms with E-state index in [1.54, 1.807) is 23.6 Å². The molecule has 9 nitrogen and oxygen atoms in total. The SMILES string of the molecule is Cc1ncsc1CN1CC[C@]2(C[C@@H](Oc3ncccc3F)CO2)C1.O=C(O)C(F)(F)F.O=C(O)C(F)(F)F. The Morgan fingerprint density at radius 2 is 1.79 bits per heavy atom. The molecule has 2 atom stereocenters. The lowest BCUT2D eigenvalue weighted by molar-refractivity contribution is -0.193. The van der Waals surface area contributed by atoms with Crippen molar-refractivity contribution in [3.8, 4) is 5.88 Å². The van der Waals surface area contributed by atoms with Gasteiger partial charge < -0.3 is 19.7 Å². The Bertz CT molecular complexity index is 1070. The number of hydrogen-bond donors (Lipinski definition) is 2. The first kappa shape index (κ1) is 31.2. The van der Waals surface area contributed by atoms with Gasteiger partial charge in [-0.3, -0.25) is 4.90 Å². The van der Waals surface area contributed by atoms with Crippen LogP contribution in [-0.2, 0) is 20.9 Å². The third kappa shape index (κ3) is 9.36. The van der Waals surface area contributed by atoms with Gasteiger partial charge in [-0.2, -0.15) is 26.3 Å². The van der Waals surface area contributed by atoms with Crippen molar-refractivity contribution in [1.82, 2.24) is 14.9 Å². The first-order chi connectivity index (χ1) is 17.5. The molecule has 2 N–H and O–H groups in total. The molecule has 2 aromatic heterocycles. The lowest BCUT2D eigenvalue weighted by atomic mass is 9.98. The van der Waals surface area contributed by atoms with Gasteiger partial charge in [0, 0.05) is 37.1 Å². The second-order valence-electron chi connectivity index (χ2n) is 8.16. The van der Waals surface area contributed by atoms with Crippen LogP contribution in [0.25, 0.3) is 0 Å². The summed E-state index contributed by atoms with van der Waals surface area (Å²) in [6.07, 6.45) is -7.01. The van der Waals surface area contributed by atoms with Crippen LogP contribution in [0.2, 0.25) is 0 Å². The number of aliphatic carboxylic acids is 2. The molecule has 2 fully saturated rings. The van der Waals surface area contributed by atoms with E-state index in [1.807, 2.05) is 5.51 Å². The lowest BCUT2D eigenvalue weighted by Crippen LogP contribution is -2.33. The number of carboxylic acids is 2. The number of carboxylic acid groups (broad SMARTS) is 2. The smallest absolute Gasteiger partial charge is 0.475 e. The van der Waals surface area contributed by atoms with Crippen LogP contribution in [0.4, 0.5) is 30.7 Å². The van der Waals surface area contributed by atoms with Gasteiger partial charge in [0.2, 0.25) is 0 Å². The number of ether oxygens (including phenoxy) is 2. The molecule has 0 unspecified atom stereocenters. The summed E-state index contributed by atoms with van der Waals surface area (Å²) in [6.45, 7) is 5.34. The van der Waals surface area contributed by atoms with Crippen LogP contribution in [0.15, 0.2) is 23.8 Å². The number of thiazole rings is 1. The van der Waals surface area contributed by atoms with Crippen LogP contribution in [0.3, 0.4) is 0 Å². The van der Waals surface area contributed by atoms with Crippen molar-refractivity contribution < 1.29 is 60.0 Å². The Hall–Kier alpha value is -3.05. The van der Waals surface area contributed by atoms with Gasteiger partial charge in [-0.05, 0) is 25.5 Å². The number of pyridine rings is 1. The second kappa shape index (κ2) is 12.7. The van der Waals surface area contributed by atoms with Crippen LogP contribution >= 0.6 is 11.3 Å². The molecule has 2 aromatic rings. The molecular weight excluding hydrogens is 555 g/mol. The Balaban J connectivity index is 0.000000301. The number of rotatable bonds is 4. The van der Waals surface area contributed by atoms with Gasteiger partial charge in [-0.15, -0.1) is 11.3 Å². The number of aromatic nitrogens is 2. The first-order valence-electron chi connectivity index (χ1n) is 10.6. The number of hydrogen-bond acceptors (Lipinski definition) is 8.